The van der Waals surface area contributed by atoms with Gasteiger partial charge in [-0.2, -0.15) is 0 Å². The molecule has 0 spiro atoms. The molecular formula is C43H87N21O11. The van der Waals surface area contributed by atoms with Crippen molar-refractivity contribution < 1.29 is 53.4 Å². The third-order valence-corrected chi connectivity index (χ3v) is 12.9. The van der Waals surface area contributed by atoms with E-state index < -0.39 is 121 Å². The van der Waals surface area contributed by atoms with E-state index in [0.29, 0.717) is 25.7 Å². The minimum Gasteiger partial charge on any atom is -0.388 e. The van der Waals surface area contributed by atoms with Gasteiger partial charge in [0.25, 0.3) is 0 Å². The van der Waals surface area contributed by atoms with Gasteiger partial charge < -0.3 is 130 Å². The molecule has 0 aromatic rings. The van der Waals surface area contributed by atoms with Crippen molar-refractivity contribution in [1.29, 1.82) is 0 Å². The number of nitrogens with one attached hydrogen (secondary N) is 5. The fourth-order valence-electron chi connectivity index (χ4n) is 8.80. The maximum atomic E-state index is 14.0. The molecule has 0 unspecified atom stereocenters. The lowest BCUT2D eigenvalue weighted by atomic mass is 9.82. The van der Waals surface area contributed by atoms with Crippen molar-refractivity contribution in [2.75, 3.05) is 46.4 Å². The predicted molar refractivity (Wildman–Crippen MR) is 278 cm³/mol. The van der Waals surface area contributed by atoms with Crippen LogP contribution in [0.2, 0.25) is 0 Å². The van der Waals surface area contributed by atoms with E-state index in [0.717, 1.165) is 0 Å². The third kappa shape index (κ3) is 21.6. The molecule has 75 heavy (non-hydrogen) atoms. The Morgan fingerprint density at radius 1 is 0.600 bits per heavy atom. The van der Waals surface area contributed by atoms with Gasteiger partial charge in [0.15, 0.2) is 36.4 Å². The molecule has 0 aromatic heterocycles. The third-order valence-electron chi connectivity index (χ3n) is 12.9. The quantitative estimate of drug-likeness (QED) is 0.0180. The van der Waals surface area contributed by atoms with E-state index in [9.17, 15) is 34.5 Å². The predicted octanol–water partition coefficient (Wildman–Crippen LogP) is -9.82. The molecule has 430 valence electrons. The molecule has 3 rings (SSSR count). The molecule has 0 radical (unpaired) electrons. The van der Waals surface area contributed by atoms with Crippen LogP contribution in [-0.2, 0) is 38.1 Å². The maximum Gasteiger partial charge on any atom is 0.237 e. The zero-order chi connectivity index (χ0) is 56.0. The second-order valence-electron chi connectivity index (χ2n) is 19.2. The van der Waals surface area contributed by atoms with Gasteiger partial charge in [0.2, 0.25) is 23.6 Å². The molecule has 0 aromatic carbocycles. The standard InChI is InChI=1S/C43H87N21O11/c1-43(71)19-72-38(29(66)32(43)56-2)75-31-27(64-36(70)24(47)10-6-16-60-42(54)55)17-26(63-35(69)23(46)9-5-15-59-41(52)53)30(28(31)65)74-37-25(62-34(68)22(45)8-4-14-58-40(50)51)12-11-20(73-37)18-61-33(67)21(44)7-3-13-57-39(48)49/h20-32,37-38,56,65-66,71H,3-19,44-47H2,1-2H3,(H,61,67)(H,62,68)(H,63,69)(H,64,70)(H4,48,49,57)(H4,50,51,58)(H4,52,53,59)(H4,54,55,60)/t20-,21+,22+,23+,24+,25+,26-,27+,28-,29+,30+,31-,32+,37+,38+,43-/m1/s1. The van der Waals surface area contributed by atoms with E-state index >= 15 is 0 Å². The molecule has 32 heteroatoms. The number of likely N-dealkylation sites (N-methyl/N-ethyl adjacent to an activating group) is 1. The molecular weight excluding hydrogens is 987 g/mol. The SMILES string of the molecule is CN[C@H]1[C@H](O)[C@H](O[C@H]2[C@H](O)[C@@H](O[C@@H]3O[C@@H](CNC(=O)[C@@H](N)CCCN=C(N)N)CC[C@@H]3NC(=O)[C@@H](N)CCCN=C(N)N)[C@H](NC(=O)[C@@H](N)CCCN=C(N)N)C[C@@H]2NC(=O)[C@@H](N)CCCN=C(N)N)OC[C@@]1(C)O. The van der Waals surface area contributed by atoms with Gasteiger partial charge in [0, 0.05) is 32.7 Å². The van der Waals surface area contributed by atoms with Gasteiger partial charge in [-0.25, -0.2) is 0 Å². The molecule has 32 N–H and O–H groups in total. The number of amides is 4. The van der Waals surface area contributed by atoms with Gasteiger partial charge in [-0.3, -0.25) is 39.1 Å². The largest absolute Gasteiger partial charge is 0.388 e. The monoisotopic (exact) mass is 1070 g/mol. The Morgan fingerprint density at radius 2 is 0.987 bits per heavy atom. The van der Waals surface area contributed by atoms with Gasteiger partial charge in [-0.15, -0.1) is 0 Å². The zero-order valence-corrected chi connectivity index (χ0v) is 43.0. The van der Waals surface area contributed by atoms with Crippen LogP contribution >= 0.6 is 0 Å². The number of nitrogens with two attached hydrogens (primary N) is 12. The van der Waals surface area contributed by atoms with Crippen molar-refractivity contribution in [2.45, 2.75) is 175 Å². The van der Waals surface area contributed by atoms with E-state index in [2.05, 4.69) is 46.6 Å². The number of carbonyl (C=O) groups is 4. The Kier molecular flexibility index (Phi) is 26.8. The maximum absolute atomic E-state index is 14.0. The van der Waals surface area contributed by atoms with Crippen LogP contribution in [0.5, 0.6) is 0 Å². The molecule has 4 amide bonds. The summed E-state index contributed by atoms with van der Waals surface area (Å²) in [5.74, 6) is -2.94. The van der Waals surface area contributed by atoms with E-state index in [-0.39, 0.29) is 108 Å². The molecule has 3 aliphatic rings. The average molecular weight is 1070 g/mol. The van der Waals surface area contributed by atoms with Crippen molar-refractivity contribution in [1.82, 2.24) is 26.6 Å². The molecule has 2 heterocycles. The Morgan fingerprint density at radius 3 is 1.39 bits per heavy atom. The van der Waals surface area contributed by atoms with Crippen LogP contribution in [0.15, 0.2) is 20.0 Å². The molecule has 2 saturated heterocycles. The number of ether oxygens (including phenoxy) is 4. The summed E-state index contributed by atoms with van der Waals surface area (Å²) in [5.41, 5.74) is 67.1. The lowest BCUT2D eigenvalue weighted by Crippen LogP contribution is -2.71. The second-order valence-corrected chi connectivity index (χ2v) is 19.2. The van der Waals surface area contributed by atoms with Crippen LogP contribution in [0, 0.1) is 0 Å². The van der Waals surface area contributed by atoms with Crippen LogP contribution in [0.3, 0.4) is 0 Å². The summed E-state index contributed by atoms with van der Waals surface area (Å²) in [6, 6.07) is -8.56. The van der Waals surface area contributed by atoms with Crippen LogP contribution in [0.4, 0.5) is 0 Å². The first-order valence-electron chi connectivity index (χ1n) is 25.1. The van der Waals surface area contributed by atoms with Crippen LogP contribution in [0.1, 0.15) is 77.6 Å². The van der Waals surface area contributed by atoms with Gasteiger partial charge in [0.1, 0.15) is 30.0 Å². The lowest BCUT2D eigenvalue weighted by Gasteiger charge is -2.50. The second kappa shape index (κ2) is 31.5. The van der Waals surface area contributed by atoms with Crippen molar-refractivity contribution in [2.24, 2.45) is 88.8 Å². The average Bonchev–Trinajstić information content (AvgIpc) is 3.34. The number of carbonyl (C=O) groups excluding carboxylic acids is 4. The summed E-state index contributed by atoms with van der Waals surface area (Å²) in [5, 5.41) is 49.5. The number of aliphatic hydroxyl groups excluding tert-OH is 2. The van der Waals surface area contributed by atoms with E-state index in [1.54, 1.807) is 0 Å². The van der Waals surface area contributed by atoms with Crippen molar-refractivity contribution in [3.8, 4) is 0 Å². The van der Waals surface area contributed by atoms with E-state index in [1.807, 2.05) is 0 Å². The van der Waals surface area contributed by atoms with Crippen LogP contribution in [-0.4, -0.2) is 206 Å². The summed E-state index contributed by atoms with van der Waals surface area (Å²) in [6.07, 6.45) is -7.72. The Hall–Kier alpha value is -5.52. The first kappa shape index (κ1) is 63.8. The highest BCUT2D eigenvalue weighted by Gasteiger charge is 2.53. The fourth-order valence-corrected chi connectivity index (χ4v) is 8.80. The Labute approximate surface area is 436 Å². The summed E-state index contributed by atoms with van der Waals surface area (Å²) < 4.78 is 25.4. The van der Waals surface area contributed by atoms with Crippen molar-refractivity contribution >= 4 is 47.5 Å². The number of aliphatic imine (C=N–C) groups is 4. The number of hydrogen-bond acceptors (Lipinski definition) is 20. The fraction of sp³-hybridized carbons (Fsp3) is 0.814. The zero-order valence-electron chi connectivity index (χ0n) is 43.0. The Bertz CT molecular complexity index is 1920. The number of aliphatic hydroxyl groups is 3. The summed E-state index contributed by atoms with van der Waals surface area (Å²) in [7, 11) is 1.52. The topological polar surface area (TPSA) is 588 Å². The first-order chi connectivity index (χ1) is 35.3. The van der Waals surface area contributed by atoms with E-state index in [1.165, 1.54) is 14.0 Å². The molecule has 3 fully saturated rings. The summed E-state index contributed by atoms with van der Waals surface area (Å²) >= 11 is 0. The van der Waals surface area contributed by atoms with Crippen LogP contribution in [0.25, 0.3) is 0 Å². The van der Waals surface area contributed by atoms with Gasteiger partial charge in [-0.1, -0.05) is 0 Å². The summed E-state index contributed by atoms with van der Waals surface area (Å²) in [4.78, 5) is 70.4. The van der Waals surface area contributed by atoms with Crippen molar-refractivity contribution in [3.63, 3.8) is 0 Å². The molecule has 32 nitrogen and oxygen atoms in total. The minimum absolute atomic E-state index is 0.0628. The molecule has 1 saturated carbocycles. The van der Waals surface area contributed by atoms with E-state index in [4.69, 9.17) is 87.8 Å². The number of hydrogen-bond donors (Lipinski definition) is 20. The van der Waals surface area contributed by atoms with Crippen molar-refractivity contribution in [3.05, 3.63) is 0 Å². The smallest absolute Gasteiger partial charge is 0.237 e. The molecule has 1 aliphatic carbocycles. The molecule has 2 aliphatic heterocycles. The first-order valence-corrected chi connectivity index (χ1v) is 25.1. The highest BCUT2D eigenvalue weighted by atomic mass is 16.7. The van der Waals surface area contributed by atoms with Crippen LogP contribution < -0.4 is 95.4 Å². The highest BCUT2D eigenvalue weighted by Crippen LogP contribution is 2.33. The summed E-state index contributed by atoms with van der Waals surface area (Å²) in [6.45, 7) is 1.91. The minimum atomic E-state index is -1.83. The molecule has 16 atom stereocenters. The van der Waals surface area contributed by atoms with Gasteiger partial charge >= 0.3 is 0 Å². The number of nitrogens with zero attached hydrogens (tertiary/aromatic N) is 4. The normalized spacial score (nSPS) is 29.2. The number of rotatable bonds is 30. The van der Waals surface area contributed by atoms with Gasteiger partial charge in [-0.05, 0) is 84.6 Å². The Balaban J connectivity index is 2.07. The van der Waals surface area contributed by atoms with Gasteiger partial charge in [0.05, 0.1) is 61.0 Å². The molecule has 0 bridgehead atoms. The highest BCUT2D eigenvalue weighted by molar-refractivity contribution is 5.83. The number of guanidine groups is 4. The lowest BCUT2D eigenvalue weighted by molar-refractivity contribution is -0.309.